The number of hydrogen-bond acceptors (Lipinski definition) is 2. The molecule has 33 heavy (non-hydrogen) atoms. The van der Waals surface area contributed by atoms with Gasteiger partial charge in [0.2, 0.25) is 0 Å². The number of ether oxygens (including phenoxy) is 2. The Morgan fingerprint density at radius 1 is 0.848 bits per heavy atom. The fourth-order valence-corrected chi connectivity index (χ4v) is 4.56. The third-order valence-corrected chi connectivity index (χ3v) is 6.63. The lowest BCUT2D eigenvalue weighted by Gasteiger charge is -2.29. The monoisotopic (exact) mass is 454 g/mol. The van der Waals surface area contributed by atoms with Gasteiger partial charge in [-0.1, -0.05) is 49.4 Å². The second kappa shape index (κ2) is 10.4. The number of hydrogen-bond donors (Lipinski definition) is 0. The Hall–Kier alpha value is -2.79. The molecule has 3 aromatic carbocycles. The van der Waals surface area contributed by atoms with Crippen LogP contribution >= 0.6 is 0 Å². The smallest absolute Gasteiger partial charge is 0.167 e. The van der Waals surface area contributed by atoms with Crippen molar-refractivity contribution < 1.29 is 22.6 Å². The molecule has 0 N–H and O–H groups in total. The van der Waals surface area contributed by atoms with Gasteiger partial charge in [-0.2, -0.15) is 0 Å². The molecule has 0 aliphatic heterocycles. The first kappa shape index (κ1) is 23.4. The Labute approximate surface area is 193 Å². The highest BCUT2D eigenvalue weighted by atomic mass is 19.2. The van der Waals surface area contributed by atoms with Crippen LogP contribution in [0.5, 0.6) is 5.75 Å². The summed E-state index contributed by atoms with van der Waals surface area (Å²) >= 11 is 0. The lowest BCUT2D eigenvalue weighted by molar-refractivity contribution is 0.0117. The molecule has 4 rings (SSSR count). The molecule has 0 heterocycles. The summed E-state index contributed by atoms with van der Waals surface area (Å²) in [7, 11) is 1.52. The quantitative estimate of drug-likeness (QED) is 0.366. The molecule has 0 bridgehead atoms. The zero-order valence-electron chi connectivity index (χ0n) is 19.0. The van der Waals surface area contributed by atoms with Gasteiger partial charge in [-0.25, -0.2) is 13.2 Å². The lowest BCUT2D eigenvalue weighted by atomic mass is 9.82. The Morgan fingerprint density at radius 2 is 1.58 bits per heavy atom. The van der Waals surface area contributed by atoms with Crippen LogP contribution < -0.4 is 4.74 Å². The maximum absolute atomic E-state index is 14.8. The molecule has 1 fully saturated rings. The van der Waals surface area contributed by atoms with E-state index >= 15 is 0 Å². The van der Waals surface area contributed by atoms with E-state index in [0.717, 1.165) is 37.7 Å². The molecule has 2 nitrogen and oxygen atoms in total. The van der Waals surface area contributed by atoms with Crippen molar-refractivity contribution >= 4 is 0 Å². The van der Waals surface area contributed by atoms with Crippen LogP contribution in [0.2, 0.25) is 0 Å². The highest BCUT2D eigenvalue weighted by Crippen LogP contribution is 2.36. The van der Waals surface area contributed by atoms with E-state index in [1.165, 1.54) is 13.2 Å². The van der Waals surface area contributed by atoms with E-state index in [0.29, 0.717) is 16.9 Å². The van der Waals surface area contributed by atoms with Crippen LogP contribution in [0.4, 0.5) is 13.2 Å². The maximum Gasteiger partial charge on any atom is 0.167 e. The topological polar surface area (TPSA) is 18.5 Å². The van der Waals surface area contributed by atoms with E-state index in [1.54, 1.807) is 24.3 Å². The van der Waals surface area contributed by atoms with Crippen molar-refractivity contribution in [3.05, 3.63) is 88.7 Å². The summed E-state index contributed by atoms with van der Waals surface area (Å²) in [5.41, 5.74) is 2.96. The fourth-order valence-electron chi connectivity index (χ4n) is 4.56. The van der Waals surface area contributed by atoms with Crippen molar-refractivity contribution in [1.29, 1.82) is 0 Å². The van der Waals surface area contributed by atoms with Crippen molar-refractivity contribution in [3.8, 4) is 16.9 Å². The first-order valence-corrected chi connectivity index (χ1v) is 11.5. The van der Waals surface area contributed by atoms with E-state index in [-0.39, 0.29) is 35.6 Å². The van der Waals surface area contributed by atoms with Crippen molar-refractivity contribution in [2.45, 2.75) is 57.7 Å². The van der Waals surface area contributed by atoms with Gasteiger partial charge in [-0.15, -0.1) is 0 Å². The third kappa shape index (κ3) is 5.25. The van der Waals surface area contributed by atoms with E-state index in [1.807, 2.05) is 31.2 Å². The number of benzene rings is 3. The molecule has 1 saturated carbocycles. The summed E-state index contributed by atoms with van der Waals surface area (Å²) < 4.78 is 54.8. The molecule has 0 amide bonds. The van der Waals surface area contributed by atoms with Crippen molar-refractivity contribution in [3.63, 3.8) is 0 Å². The molecule has 0 saturated heterocycles. The van der Waals surface area contributed by atoms with Gasteiger partial charge in [0.05, 0.1) is 19.8 Å². The van der Waals surface area contributed by atoms with Crippen LogP contribution in [0.3, 0.4) is 0 Å². The molecule has 0 unspecified atom stereocenters. The van der Waals surface area contributed by atoms with Crippen LogP contribution in [0, 0.1) is 17.5 Å². The van der Waals surface area contributed by atoms with Gasteiger partial charge < -0.3 is 9.47 Å². The lowest BCUT2D eigenvalue weighted by Crippen LogP contribution is -2.21. The van der Waals surface area contributed by atoms with Gasteiger partial charge in [0.25, 0.3) is 0 Å². The Kier molecular flexibility index (Phi) is 7.39. The summed E-state index contributed by atoms with van der Waals surface area (Å²) in [4.78, 5) is 0. The SMILES string of the molecule is CCc1ccc(-c2ccc(COC3CCC(c4ccc(OC)cc4F)CC3)c(F)c2F)cc1. The van der Waals surface area contributed by atoms with Gasteiger partial charge in [0.1, 0.15) is 11.6 Å². The molecule has 174 valence electrons. The summed E-state index contributed by atoms with van der Waals surface area (Å²) in [5, 5.41) is 0. The van der Waals surface area contributed by atoms with E-state index in [4.69, 9.17) is 9.47 Å². The van der Waals surface area contributed by atoms with Crippen molar-refractivity contribution in [1.82, 2.24) is 0 Å². The summed E-state index contributed by atoms with van der Waals surface area (Å²) in [6, 6.07) is 15.7. The number of methoxy groups -OCH3 is 1. The predicted molar refractivity (Wildman–Crippen MR) is 124 cm³/mol. The molecule has 5 heteroatoms. The van der Waals surface area contributed by atoms with E-state index < -0.39 is 11.6 Å². The minimum Gasteiger partial charge on any atom is -0.497 e. The molecule has 3 aromatic rings. The molecule has 0 atom stereocenters. The Bertz CT molecular complexity index is 1090. The van der Waals surface area contributed by atoms with Crippen LogP contribution in [0.15, 0.2) is 54.6 Å². The molecule has 0 spiro atoms. The summed E-state index contributed by atoms with van der Waals surface area (Å²) in [6.45, 7) is 2.07. The van der Waals surface area contributed by atoms with Crippen LogP contribution in [-0.2, 0) is 17.8 Å². The van der Waals surface area contributed by atoms with E-state index in [9.17, 15) is 13.2 Å². The number of halogens is 3. The summed E-state index contributed by atoms with van der Waals surface area (Å²) in [6.07, 6.45) is 3.93. The molecule has 0 aromatic heterocycles. The molecule has 0 radical (unpaired) electrons. The van der Waals surface area contributed by atoms with Gasteiger partial charge in [0.15, 0.2) is 11.6 Å². The van der Waals surface area contributed by atoms with Gasteiger partial charge >= 0.3 is 0 Å². The highest BCUT2D eigenvalue weighted by Gasteiger charge is 2.25. The van der Waals surface area contributed by atoms with Crippen molar-refractivity contribution in [2.24, 2.45) is 0 Å². The normalized spacial score (nSPS) is 18.3. The minimum absolute atomic E-state index is 0.0179. The second-order valence-corrected chi connectivity index (χ2v) is 8.62. The first-order chi connectivity index (χ1) is 16.0. The average Bonchev–Trinajstić information content (AvgIpc) is 2.85. The first-order valence-electron chi connectivity index (χ1n) is 11.5. The maximum atomic E-state index is 14.8. The van der Waals surface area contributed by atoms with Gasteiger partial charge in [-0.05, 0) is 60.8 Å². The fraction of sp³-hybridized carbons (Fsp3) is 0.357. The number of aryl methyl sites for hydroxylation is 1. The van der Waals surface area contributed by atoms with Crippen molar-refractivity contribution in [2.75, 3.05) is 7.11 Å². The third-order valence-electron chi connectivity index (χ3n) is 6.63. The van der Waals surface area contributed by atoms with Crippen LogP contribution in [0.25, 0.3) is 11.1 Å². The summed E-state index contributed by atoms with van der Waals surface area (Å²) in [5.74, 6) is -1.32. The van der Waals surface area contributed by atoms with E-state index in [2.05, 4.69) is 0 Å². The minimum atomic E-state index is -0.860. The largest absolute Gasteiger partial charge is 0.497 e. The zero-order chi connectivity index (χ0) is 23.4. The standard InChI is InChI=1S/C28H29F3O2/c1-3-18-4-6-20(7-5-18)25-14-10-21(27(30)28(25)31)17-33-22-11-8-19(9-12-22)24-15-13-23(32-2)16-26(24)29/h4-7,10,13-16,19,22H,3,8-9,11-12,17H2,1-2H3. The van der Waals surface area contributed by atoms with Crippen LogP contribution in [-0.4, -0.2) is 13.2 Å². The molecular formula is C28H29F3O2. The van der Waals surface area contributed by atoms with Gasteiger partial charge in [0, 0.05) is 17.2 Å². The van der Waals surface area contributed by atoms with Crippen LogP contribution in [0.1, 0.15) is 55.2 Å². The molecular weight excluding hydrogens is 425 g/mol. The predicted octanol–water partition coefficient (Wildman–Crippen LogP) is 7.58. The average molecular weight is 455 g/mol. The number of rotatable bonds is 7. The zero-order valence-corrected chi connectivity index (χ0v) is 19.0. The molecule has 1 aliphatic rings. The Balaban J connectivity index is 1.35. The Morgan fingerprint density at radius 3 is 2.21 bits per heavy atom. The van der Waals surface area contributed by atoms with Gasteiger partial charge in [-0.3, -0.25) is 0 Å². The highest BCUT2D eigenvalue weighted by molar-refractivity contribution is 5.65. The second-order valence-electron chi connectivity index (χ2n) is 8.62. The molecule has 1 aliphatic carbocycles.